The maximum atomic E-state index is 14.1. The molecule has 44 heavy (non-hydrogen) atoms. The number of amides is 2. The lowest BCUT2D eigenvalue weighted by molar-refractivity contribution is -0.140. The largest absolute Gasteiger partial charge is 0.464 e. The van der Waals surface area contributed by atoms with Gasteiger partial charge in [-0.3, -0.25) is 19.0 Å². The number of furan rings is 1. The van der Waals surface area contributed by atoms with Gasteiger partial charge in [-0.2, -0.15) is 14.9 Å². The smallest absolute Gasteiger partial charge is 0.241 e. The molecule has 2 amide bonds. The van der Waals surface area contributed by atoms with Crippen LogP contribution in [0.3, 0.4) is 0 Å². The number of rotatable bonds is 14. The van der Waals surface area contributed by atoms with E-state index in [4.69, 9.17) is 4.42 Å². The first-order valence-electron chi connectivity index (χ1n) is 14.8. The van der Waals surface area contributed by atoms with E-state index in [9.17, 15) is 18.0 Å². The van der Waals surface area contributed by atoms with Crippen LogP contribution in [0, 0.1) is 18.8 Å². The minimum Gasteiger partial charge on any atom is -0.464 e. The zero-order chi connectivity index (χ0) is 32.2. The van der Waals surface area contributed by atoms with Gasteiger partial charge in [0.05, 0.1) is 42.1 Å². The van der Waals surface area contributed by atoms with Crippen molar-refractivity contribution >= 4 is 32.8 Å². The standard InChI is InChI=1S/C31H43N7O5S/c1-21(2)17-38(18-22(3)4)31(40)28(34-44(41,42)27-8-9-29-24(15-27)11-13-43-29)16-30(39)37(19-25-10-12-35(6)32-25)20-26-14-23(5)36(7)33-26/h8-15,21-22,28,34H,16-20H2,1-7H3/t28-/m0/s1. The molecular formula is C31H43N7O5S. The molecule has 3 heterocycles. The number of nitrogens with zero attached hydrogens (tertiary/aromatic N) is 6. The average molecular weight is 626 g/mol. The first-order chi connectivity index (χ1) is 20.7. The maximum Gasteiger partial charge on any atom is 0.241 e. The highest BCUT2D eigenvalue weighted by Gasteiger charge is 2.34. The van der Waals surface area contributed by atoms with Crippen molar-refractivity contribution in [3.8, 4) is 0 Å². The van der Waals surface area contributed by atoms with E-state index < -0.39 is 27.9 Å². The van der Waals surface area contributed by atoms with Crippen molar-refractivity contribution in [2.75, 3.05) is 13.1 Å². The van der Waals surface area contributed by atoms with E-state index in [1.807, 2.05) is 53.8 Å². The monoisotopic (exact) mass is 625 g/mol. The van der Waals surface area contributed by atoms with Gasteiger partial charge in [-0.05, 0) is 55.2 Å². The van der Waals surface area contributed by atoms with Gasteiger partial charge >= 0.3 is 0 Å². The molecule has 1 aromatic carbocycles. The molecule has 0 aliphatic carbocycles. The number of sulfonamides is 1. The highest BCUT2D eigenvalue weighted by Crippen LogP contribution is 2.21. The van der Waals surface area contributed by atoms with Gasteiger partial charge in [-0.1, -0.05) is 27.7 Å². The van der Waals surface area contributed by atoms with Gasteiger partial charge in [0.1, 0.15) is 11.6 Å². The molecule has 0 aliphatic rings. The molecule has 0 saturated carbocycles. The molecule has 1 N–H and O–H groups in total. The van der Waals surface area contributed by atoms with Crippen LogP contribution in [-0.2, 0) is 46.8 Å². The number of hydrogen-bond acceptors (Lipinski definition) is 7. The molecule has 4 aromatic rings. The van der Waals surface area contributed by atoms with Crippen molar-refractivity contribution in [2.45, 2.75) is 65.1 Å². The van der Waals surface area contributed by atoms with E-state index in [0.717, 1.165) is 5.69 Å². The lowest BCUT2D eigenvalue weighted by Gasteiger charge is -2.31. The Morgan fingerprint density at radius 3 is 2.20 bits per heavy atom. The van der Waals surface area contributed by atoms with Crippen molar-refractivity contribution < 1.29 is 22.4 Å². The number of fused-ring (bicyclic) bond motifs is 1. The SMILES string of the molecule is Cc1cc(CN(Cc2ccn(C)n2)C(=O)C[C@H](NS(=O)(=O)c2ccc3occc3c2)C(=O)N(CC(C)C)CC(C)C)nn1C. The Bertz CT molecular complexity index is 1670. The van der Waals surface area contributed by atoms with Crippen LogP contribution in [0.15, 0.2) is 58.2 Å². The lowest BCUT2D eigenvalue weighted by Crippen LogP contribution is -2.52. The third-order valence-corrected chi connectivity index (χ3v) is 8.65. The lowest BCUT2D eigenvalue weighted by atomic mass is 10.1. The fraction of sp³-hybridized carbons (Fsp3) is 0.484. The van der Waals surface area contributed by atoms with Crippen LogP contribution in [0.2, 0.25) is 0 Å². The molecule has 13 heteroatoms. The van der Waals surface area contributed by atoms with Gasteiger partial charge in [-0.15, -0.1) is 0 Å². The molecule has 0 spiro atoms. The summed E-state index contributed by atoms with van der Waals surface area (Å²) in [4.78, 5) is 31.3. The van der Waals surface area contributed by atoms with Crippen LogP contribution in [0.4, 0.5) is 0 Å². The Morgan fingerprint density at radius 2 is 1.61 bits per heavy atom. The predicted octanol–water partition coefficient (Wildman–Crippen LogP) is 3.61. The molecule has 12 nitrogen and oxygen atoms in total. The summed E-state index contributed by atoms with van der Waals surface area (Å²) in [5, 5.41) is 9.55. The second-order valence-electron chi connectivity index (χ2n) is 12.2. The number of carbonyl (C=O) groups excluding carboxylic acids is 2. The fourth-order valence-corrected chi connectivity index (χ4v) is 6.31. The van der Waals surface area contributed by atoms with Crippen LogP contribution in [-0.4, -0.2) is 68.7 Å². The van der Waals surface area contributed by atoms with Crippen LogP contribution in [0.25, 0.3) is 11.0 Å². The molecule has 0 unspecified atom stereocenters. The van der Waals surface area contributed by atoms with Crippen LogP contribution in [0.1, 0.15) is 51.2 Å². The van der Waals surface area contributed by atoms with Crippen LogP contribution < -0.4 is 4.72 Å². The van der Waals surface area contributed by atoms with E-state index in [1.165, 1.54) is 18.4 Å². The molecule has 0 aliphatic heterocycles. The van der Waals surface area contributed by atoms with Crippen molar-refractivity contribution in [3.05, 3.63) is 65.9 Å². The molecule has 4 rings (SSSR count). The molecule has 0 radical (unpaired) electrons. The molecule has 0 bridgehead atoms. The first-order valence-corrected chi connectivity index (χ1v) is 16.2. The number of aryl methyl sites for hydroxylation is 3. The third-order valence-electron chi connectivity index (χ3n) is 7.18. The molecular weight excluding hydrogens is 582 g/mol. The van der Waals surface area contributed by atoms with Crippen LogP contribution in [0.5, 0.6) is 0 Å². The van der Waals surface area contributed by atoms with Crippen molar-refractivity contribution in [3.63, 3.8) is 0 Å². The molecule has 0 saturated heterocycles. The topological polar surface area (TPSA) is 136 Å². The zero-order valence-corrected chi connectivity index (χ0v) is 27.3. The van der Waals surface area contributed by atoms with Crippen molar-refractivity contribution in [2.24, 2.45) is 25.9 Å². The first kappa shape index (κ1) is 32.9. The molecule has 0 fully saturated rings. The molecule has 3 aromatic heterocycles. The van der Waals surface area contributed by atoms with Crippen molar-refractivity contribution in [1.82, 2.24) is 34.1 Å². The summed E-state index contributed by atoms with van der Waals surface area (Å²) in [6.45, 7) is 11.1. The average Bonchev–Trinajstić information content (AvgIpc) is 3.66. The number of aromatic nitrogens is 4. The summed E-state index contributed by atoms with van der Waals surface area (Å²) < 4.78 is 38.7. The number of benzene rings is 1. The second kappa shape index (κ2) is 13.8. The zero-order valence-electron chi connectivity index (χ0n) is 26.5. The Labute approximate surface area is 259 Å². The Balaban J connectivity index is 1.67. The van der Waals surface area contributed by atoms with Gasteiger partial charge in [0.25, 0.3) is 0 Å². The Morgan fingerprint density at radius 1 is 0.932 bits per heavy atom. The summed E-state index contributed by atoms with van der Waals surface area (Å²) in [6.07, 6.45) is 2.89. The van der Waals surface area contributed by atoms with E-state index in [2.05, 4.69) is 14.9 Å². The van der Waals surface area contributed by atoms with E-state index >= 15 is 0 Å². The van der Waals surface area contributed by atoms with E-state index in [1.54, 1.807) is 44.5 Å². The highest BCUT2D eigenvalue weighted by molar-refractivity contribution is 7.89. The Kier molecular flexibility index (Phi) is 10.3. The number of nitrogens with one attached hydrogen (secondary N) is 1. The minimum atomic E-state index is -4.19. The second-order valence-corrected chi connectivity index (χ2v) is 13.9. The third kappa shape index (κ3) is 8.35. The quantitative estimate of drug-likeness (QED) is 0.226. The molecule has 238 valence electrons. The Hall–Kier alpha value is -3.97. The van der Waals surface area contributed by atoms with E-state index in [-0.39, 0.29) is 36.2 Å². The summed E-state index contributed by atoms with van der Waals surface area (Å²) in [5.74, 6) is -0.566. The van der Waals surface area contributed by atoms with Crippen LogP contribution >= 0.6 is 0 Å². The summed E-state index contributed by atoms with van der Waals surface area (Å²) >= 11 is 0. The van der Waals surface area contributed by atoms with Gasteiger partial charge in [-0.25, -0.2) is 8.42 Å². The van der Waals surface area contributed by atoms with Gasteiger partial charge in [0.15, 0.2) is 0 Å². The summed E-state index contributed by atoms with van der Waals surface area (Å²) in [5.41, 5.74) is 2.80. The van der Waals surface area contributed by atoms with Gasteiger partial charge < -0.3 is 14.2 Å². The maximum absolute atomic E-state index is 14.1. The normalized spacial score (nSPS) is 12.8. The van der Waals surface area contributed by atoms with Crippen molar-refractivity contribution in [1.29, 1.82) is 0 Å². The number of hydrogen-bond donors (Lipinski definition) is 1. The summed E-state index contributed by atoms with van der Waals surface area (Å²) in [7, 11) is -0.576. The predicted molar refractivity (Wildman–Crippen MR) is 167 cm³/mol. The minimum absolute atomic E-state index is 0.0229. The van der Waals surface area contributed by atoms with Gasteiger partial charge in [0, 0.05) is 44.5 Å². The number of carbonyl (C=O) groups is 2. The summed E-state index contributed by atoms with van der Waals surface area (Å²) in [6, 6.07) is 8.52. The molecule has 1 atom stereocenters. The van der Waals surface area contributed by atoms with E-state index in [0.29, 0.717) is 35.4 Å². The van der Waals surface area contributed by atoms with Gasteiger partial charge in [0.2, 0.25) is 21.8 Å². The highest BCUT2D eigenvalue weighted by atomic mass is 32.2. The fourth-order valence-electron chi connectivity index (χ4n) is 5.09.